The molecule has 0 aromatic rings. The maximum atomic E-state index is 10.8. The fourth-order valence-electron chi connectivity index (χ4n) is 0.424. The molecule has 0 saturated carbocycles. The summed E-state index contributed by atoms with van der Waals surface area (Å²) in [6.45, 7) is 6.09. The summed E-state index contributed by atoms with van der Waals surface area (Å²) >= 11 is 0. The molecule has 0 N–H and O–H groups in total. The average Bonchev–Trinajstić information content (AvgIpc) is 2.39. The molecule has 18 heavy (non-hydrogen) atoms. The lowest BCUT2D eigenvalue weighted by Gasteiger charge is -1.97. The second-order valence-electron chi connectivity index (χ2n) is 2.35. The molecule has 0 bridgehead atoms. The van der Waals surface area contributed by atoms with Gasteiger partial charge in [-0.3, -0.25) is 0 Å². The summed E-state index contributed by atoms with van der Waals surface area (Å²) in [5.74, 6) is -4.28. The maximum Gasteiger partial charge on any atom is 0.379 e. The van der Waals surface area contributed by atoms with Crippen LogP contribution in [0.1, 0.15) is 0 Å². The molecule has 0 heterocycles. The van der Waals surface area contributed by atoms with E-state index < -0.39 is 23.9 Å². The molecule has 0 aliphatic carbocycles. The zero-order chi connectivity index (χ0) is 14.0. The van der Waals surface area contributed by atoms with E-state index in [0.29, 0.717) is 12.2 Å². The number of carbonyl (C=O) groups is 4. The molecule has 0 aromatic heterocycles. The second kappa shape index (κ2) is 8.28. The van der Waals surface area contributed by atoms with Gasteiger partial charge >= 0.3 is 23.9 Å². The van der Waals surface area contributed by atoms with E-state index >= 15 is 0 Å². The molecule has 8 nitrogen and oxygen atoms in total. The fraction of sp³-hybridized carbons (Fsp3) is 0. The Morgan fingerprint density at radius 1 is 0.611 bits per heavy atom. The van der Waals surface area contributed by atoms with Gasteiger partial charge in [0.15, 0.2) is 0 Å². The first-order valence-electron chi connectivity index (χ1n) is 4.27. The van der Waals surface area contributed by atoms with Gasteiger partial charge in [-0.2, -0.15) is 0 Å². The van der Waals surface area contributed by atoms with Crippen LogP contribution in [0.25, 0.3) is 0 Å². The van der Waals surface area contributed by atoms with Crippen LogP contribution in [0.4, 0.5) is 0 Å². The van der Waals surface area contributed by atoms with Crippen LogP contribution in [0.15, 0.2) is 37.5 Å². The molecule has 0 spiro atoms. The lowest BCUT2D eigenvalue weighted by atomic mass is 10.5. The number of hydrogen-bond acceptors (Lipinski definition) is 8. The van der Waals surface area contributed by atoms with E-state index in [2.05, 4.69) is 32.7 Å². The van der Waals surface area contributed by atoms with Crippen molar-refractivity contribution in [1.82, 2.24) is 0 Å². The predicted octanol–water partition coefficient (Wildman–Crippen LogP) is -0.0826. The Balaban J connectivity index is 3.98. The van der Waals surface area contributed by atoms with Gasteiger partial charge in [0.1, 0.15) is 0 Å². The summed E-state index contributed by atoms with van der Waals surface area (Å²) in [5, 5.41) is 0. The van der Waals surface area contributed by atoms with E-state index in [4.69, 9.17) is 0 Å². The van der Waals surface area contributed by atoms with Crippen molar-refractivity contribution in [1.29, 1.82) is 0 Å². The van der Waals surface area contributed by atoms with Crippen LogP contribution in [0, 0.1) is 0 Å². The van der Waals surface area contributed by atoms with E-state index in [9.17, 15) is 19.2 Å². The van der Waals surface area contributed by atoms with Gasteiger partial charge in [0.25, 0.3) is 0 Å². The van der Waals surface area contributed by atoms with Gasteiger partial charge in [-0.15, -0.1) is 0 Å². The average molecular weight is 256 g/mol. The van der Waals surface area contributed by atoms with Gasteiger partial charge < -0.3 is 0 Å². The Morgan fingerprint density at radius 2 is 0.889 bits per heavy atom. The fourth-order valence-corrected chi connectivity index (χ4v) is 0.424. The summed E-state index contributed by atoms with van der Waals surface area (Å²) in [6.07, 6.45) is 2.70. The Bertz CT molecular complexity index is 368. The lowest BCUT2D eigenvalue weighted by Crippen LogP contribution is -2.09. The van der Waals surface area contributed by atoms with Gasteiger partial charge in [-0.25, -0.2) is 38.7 Å². The Morgan fingerprint density at radius 3 is 1.17 bits per heavy atom. The van der Waals surface area contributed by atoms with E-state index in [0.717, 1.165) is 12.2 Å². The van der Waals surface area contributed by atoms with Crippen molar-refractivity contribution in [3.63, 3.8) is 0 Å². The Kier molecular flexibility index (Phi) is 6.94. The first kappa shape index (κ1) is 15.1. The predicted molar refractivity (Wildman–Crippen MR) is 53.9 cm³/mol. The van der Waals surface area contributed by atoms with Crippen LogP contribution in [0.3, 0.4) is 0 Å². The molecular weight excluding hydrogens is 248 g/mol. The van der Waals surface area contributed by atoms with Crippen LogP contribution in [-0.2, 0) is 38.7 Å². The summed E-state index contributed by atoms with van der Waals surface area (Å²) in [6, 6.07) is 0. The van der Waals surface area contributed by atoms with Crippen LogP contribution in [0.2, 0.25) is 0 Å². The third kappa shape index (κ3) is 7.40. The third-order valence-corrected chi connectivity index (χ3v) is 1.10. The van der Waals surface area contributed by atoms with Crippen LogP contribution in [0.5, 0.6) is 0 Å². The smallest absolute Gasteiger partial charge is 0.242 e. The van der Waals surface area contributed by atoms with Crippen molar-refractivity contribution >= 4 is 23.9 Å². The summed E-state index contributed by atoms with van der Waals surface area (Å²) in [4.78, 5) is 58.2. The van der Waals surface area contributed by atoms with Crippen LogP contribution >= 0.6 is 0 Å². The number of carbonyl (C=O) groups excluding carboxylic acids is 4. The molecule has 0 aliphatic rings. The molecule has 0 fully saturated rings. The summed E-state index contributed by atoms with van der Waals surface area (Å²) in [5.41, 5.74) is 0. The van der Waals surface area contributed by atoms with Crippen molar-refractivity contribution in [3.8, 4) is 0 Å². The number of rotatable bonds is 4. The van der Waals surface area contributed by atoms with Crippen molar-refractivity contribution in [2.24, 2.45) is 0 Å². The third-order valence-electron chi connectivity index (χ3n) is 1.10. The van der Waals surface area contributed by atoms with Crippen molar-refractivity contribution in [3.05, 3.63) is 37.5 Å². The van der Waals surface area contributed by atoms with Crippen molar-refractivity contribution in [2.45, 2.75) is 0 Å². The van der Waals surface area contributed by atoms with Crippen molar-refractivity contribution < 1.29 is 38.7 Å². The van der Waals surface area contributed by atoms with E-state index in [-0.39, 0.29) is 0 Å². The second-order valence-corrected chi connectivity index (χ2v) is 2.35. The van der Waals surface area contributed by atoms with Gasteiger partial charge in [-0.1, -0.05) is 13.2 Å². The largest absolute Gasteiger partial charge is 0.379 e. The molecular formula is C10H8O8. The SMILES string of the molecule is C=CC(=O)OOC(=O)/C=C\C(=O)OOC(=O)C=C. The molecule has 0 rings (SSSR count). The minimum Gasteiger partial charge on any atom is -0.242 e. The Hall–Kier alpha value is -2.90. The monoisotopic (exact) mass is 256 g/mol. The highest BCUT2D eigenvalue weighted by Gasteiger charge is 2.06. The molecule has 0 radical (unpaired) electrons. The molecule has 0 aliphatic heterocycles. The highest BCUT2D eigenvalue weighted by Crippen LogP contribution is 1.89. The minimum atomic E-state index is -1.16. The molecule has 0 unspecified atom stereocenters. The quantitative estimate of drug-likeness (QED) is 0.390. The normalized spacial score (nSPS) is 9.11. The highest BCUT2D eigenvalue weighted by atomic mass is 17.2. The molecule has 0 amide bonds. The van der Waals surface area contributed by atoms with Gasteiger partial charge in [0.05, 0.1) is 0 Å². The van der Waals surface area contributed by atoms with Gasteiger partial charge in [0, 0.05) is 24.3 Å². The Labute approximate surface area is 101 Å². The van der Waals surface area contributed by atoms with Crippen molar-refractivity contribution in [2.75, 3.05) is 0 Å². The zero-order valence-corrected chi connectivity index (χ0v) is 8.99. The molecule has 0 saturated heterocycles. The zero-order valence-electron chi connectivity index (χ0n) is 8.99. The van der Waals surface area contributed by atoms with Crippen LogP contribution in [-0.4, -0.2) is 23.9 Å². The minimum absolute atomic E-state index is 0.584. The molecule has 96 valence electrons. The lowest BCUT2D eigenvalue weighted by molar-refractivity contribution is -0.251. The van der Waals surface area contributed by atoms with E-state index in [1.54, 1.807) is 0 Å². The number of hydrogen-bond donors (Lipinski definition) is 0. The first-order valence-corrected chi connectivity index (χ1v) is 4.27. The molecule has 0 atom stereocenters. The van der Waals surface area contributed by atoms with Gasteiger partial charge in [0.2, 0.25) is 0 Å². The topological polar surface area (TPSA) is 105 Å². The highest BCUT2D eigenvalue weighted by molar-refractivity contribution is 5.92. The van der Waals surface area contributed by atoms with E-state index in [1.165, 1.54) is 0 Å². The maximum absolute atomic E-state index is 10.8. The van der Waals surface area contributed by atoms with E-state index in [1.807, 2.05) is 0 Å². The molecule has 8 heteroatoms. The summed E-state index contributed by atoms with van der Waals surface area (Å²) in [7, 11) is 0. The molecule has 0 aromatic carbocycles. The standard InChI is InChI=1S/C10H8O8/c1-3-7(11)15-17-9(13)5-6-10(14)18-16-8(12)4-2/h3-6H,1-2H2/b6-5-. The summed E-state index contributed by atoms with van der Waals surface area (Å²) < 4.78 is 0. The van der Waals surface area contributed by atoms with Crippen LogP contribution < -0.4 is 0 Å². The van der Waals surface area contributed by atoms with Gasteiger partial charge in [-0.05, 0) is 0 Å². The first-order chi connectivity index (χ1) is 8.49.